The normalized spacial score (nSPS) is 10.1. The zero-order valence-corrected chi connectivity index (χ0v) is 11.6. The van der Waals surface area contributed by atoms with E-state index in [1.807, 2.05) is 13.8 Å². The number of carbonyl (C=O) groups is 1. The summed E-state index contributed by atoms with van der Waals surface area (Å²) in [4.78, 5) is 27.6. The molecule has 0 fully saturated rings. The molecule has 0 aromatic carbocycles. The van der Waals surface area contributed by atoms with Crippen molar-refractivity contribution >= 4 is 23.2 Å². The molecule has 1 rings (SSSR count). The van der Waals surface area contributed by atoms with Gasteiger partial charge in [0.1, 0.15) is 11.6 Å². The number of nitrogens with one attached hydrogen (secondary N) is 1. The summed E-state index contributed by atoms with van der Waals surface area (Å²) in [6, 6.07) is 2.48. The van der Waals surface area contributed by atoms with Gasteiger partial charge in [0.15, 0.2) is 0 Å². The molecule has 3 N–H and O–H groups in total. The second-order valence-corrected chi connectivity index (χ2v) is 4.14. The van der Waals surface area contributed by atoms with Crippen molar-refractivity contribution in [2.45, 2.75) is 20.3 Å². The summed E-state index contributed by atoms with van der Waals surface area (Å²) in [7, 11) is 0. The molecule has 0 unspecified atom stereocenters. The fraction of sp³-hybridized carbons (Fsp3) is 0.500. The van der Waals surface area contributed by atoms with E-state index in [0.717, 1.165) is 0 Å². The third-order valence-electron chi connectivity index (χ3n) is 2.80. The predicted molar refractivity (Wildman–Crippen MR) is 76.3 cm³/mol. The molecule has 8 nitrogen and oxygen atoms in total. The van der Waals surface area contributed by atoms with Crippen LogP contribution in [0.3, 0.4) is 0 Å². The van der Waals surface area contributed by atoms with E-state index >= 15 is 0 Å². The second kappa shape index (κ2) is 7.27. The summed E-state index contributed by atoms with van der Waals surface area (Å²) in [5, 5.41) is 13.6. The SMILES string of the molecule is CCN(CC)C(=O)CCNc1cc([N+](=O)[O-])cc(N)n1. The highest BCUT2D eigenvalue weighted by molar-refractivity contribution is 5.76. The molecule has 20 heavy (non-hydrogen) atoms. The quantitative estimate of drug-likeness (QED) is 0.574. The number of pyridine rings is 1. The van der Waals surface area contributed by atoms with Crippen molar-refractivity contribution in [1.82, 2.24) is 9.88 Å². The number of anilines is 2. The highest BCUT2D eigenvalue weighted by atomic mass is 16.6. The summed E-state index contributed by atoms with van der Waals surface area (Å²) in [6.45, 7) is 5.51. The van der Waals surface area contributed by atoms with Gasteiger partial charge >= 0.3 is 0 Å². The monoisotopic (exact) mass is 281 g/mol. The zero-order valence-electron chi connectivity index (χ0n) is 11.6. The van der Waals surface area contributed by atoms with Crippen molar-refractivity contribution in [2.75, 3.05) is 30.7 Å². The number of amides is 1. The van der Waals surface area contributed by atoms with Crippen LogP contribution in [0, 0.1) is 10.1 Å². The number of nitrogens with zero attached hydrogens (tertiary/aromatic N) is 3. The molecule has 0 radical (unpaired) electrons. The van der Waals surface area contributed by atoms with E-state index in [9.17, 15) is 14.9 Å². The van der Waals surface area contributed by atoms with Crippen molar-refractivity contribution in [3.05, 3.63) is 22.2 Å². The van der Waals surface area contributed by atoms with Gasteiger partial charge in [0.2, 0.25) is 5.91 Å². The van der Waals surface area contributed by atoms with Gasteiger partial charge in [0.05, 0.1) is 17.1 Å². The second-order valence-electron chi connectivity index (χ2n) is 4.14. The van der Waals surface area contributed by atoms with Crippen molar-refractivity contribution < 1.29 is 9.72 Å². The van der Waals surface area contributed by atoms with Crippen LogP contribution in [-0.2, 0) is 4.79 Å². The van der Waals surface area contributed by atoms with Gasteiger partial charge in [-0.1, -0.05) is 0 Å². The van der Waals surface area contributed by atoms with E-state index in [4.69, 9.17) is 5.73 Å². The van der Waals surface area contributed by atoms with Gasteiger partial charge in [-0.2, -0.15) is 0 Å². The van der Waals surface area contributed by atoms with Crippen molar-refractivity contribution in [3.63, 3.8) is 0 Å². The first-order valence-electron chi connectivity index (χ1n) is 6.41. The molecule has 1 heterocycles. The number of nitro groups is 1. The molecule has 0 aliphatic heterocycles. The van der Waals surface area contributed by atoms with Crippen molar-refractivity contribution in [3.8, 4) is 0 Å². The summed E-state index contributed by atoms with van der Waals surface area (Å²) < 4.78 is 0. The lowest BCUT2D eigenvalue weighted by Crippen LogP contribution is -2.31. The van der Waals surface area contributed by atoms with Crippen LogP contribution in [-0.4, -0.2) is 40.3 Å². The van der Waals surface area contributed by atoms with Crippen molar-refractivity contribution in [1.29, 1.82) is 0 Å². The fourth-order valence-electron chi connectivity index (χ4n) is 1.76. The molecule has 1 aromatic rings. The van der Waals surface area contributed by atoms with Gasteiger partial charge in [0, 0.05) is 26.1 Å². The van der Waals surface area contributed by atoms with E-state index in [2.05, 4.69) is 10.3 Å². The molecule has 1 amide bonds. The average molecular weight is 281 g/mol. The molecule has 0 spiro atoms. The van der Waals surface area contributed by atoms with Crippen LogP contribution >= 0.6 is 0 Å². The van der Waals surface area contributed by atoms with Gasteiger partial charge in [-0.3, -0.25) is 14.9 Å². The Bertz CT molecular complexity index is 488. The van der Waals surface area contributed by atoms with E-state index in [1.165, 1.54) is 12.1 Å². The van der Waals surface area contributed by atoms with E-state index < -0.39 is 4.92 Å². The van der Waals surface area contributed by atoms with Crippen molar-refractivity contribution in [2.24, 2.45) is 0 Å². The molecule has 8 heteroatoms. The first kappa shape index (κ1) is 15.7. The Kier molecular flexibility index (Phi) is 5.70. The Hall–Kier alpha value is -2.38. The molecule has 0 saturated heterocycles. The Balaban J connectivity index is 2.58. The number of carbonyl (C=O) groups excluding carboxylic acids is 1. The highest BCUT2D eigenvalue weighted by Crippen LogP contribution is 2.18. The topological polar surface area (TPSA) is 114 Å². The molecule has 0 aliphatic carbocycles. The Morgan fingerprint density at radius 3 is 2.65 bits per heavy atom. The van der Waals surface area contributed by atoms with Crippen LogP contribution in [0.15, 0.2) is 12.1 Å². The molecule has 0 atom stereocenters. The number of rotatable bonds is 7. The summed E-state index contributed by atoms with van der Waals surface area (Å²) in [6.07, 6.45) is 0.298. The largest absolute Gasteiger partial charge is 0.383 e. The molecule has 0 aliphatic rings. The lowest BCUT2D eigenvalue weighted by atomic mass is 10.3. The maximum atomic E-state index is 11.8. The lowest BCUT2D eigenvalue weighted by Gasteiger charge is -2.18. The third kappa shape index (κ3) is 4.38. The molecule has 110 valence electrons. The summed E-state index contributed by atoms with van der Waals surface area (Å²) in [5.41, 5.74) is 5.36. The van der Waals surface area contributed by atoms with Crippen LogP contribution in [0.5, 0.6) is 0 Å². The van der Waals surface area contributed by atoms with Gasteiger partial charge < -0.3 is 16.0 Å². The molecular weight excluding hydrogens is 262 g/mol. The van der Waals surface area contributed by atoms with Gasteiger partial charge in [0.25, 0.3) is 5.69 Å². The van der Waals surface area contributed by atoms with Crippen LogP contribution < -0.4 is 11.1 Å². The first-order valence-corrected chi connectivity index (χ1v) is 6.41. The van der Waals surface area contributed by atoms with Gasteiger partial charge in [-0.15, -0.1) is 0 Å². The Morgan fingerprint density at radius 2 is 2.10 bits per heavy atom. The highest BCUT2D eigenvalue weighted by Gasteiger charge is 2.11. The van der Waals surface area contributed by atoms with Gasteiger partial charge in [-0.05, 0) is 13.8 Å². The average Bonchev–Trinajstić information content (AvgIpc) is 2.39. The standard InChI is InChI=1S/C12H19N5O3/c1-3-16(4-2)12(18)5-6-14-11-8-9(17(19)20)7-10(13)15-11/h7-8H,3-6H2,1-2H3,(H3,13,14,15). The van der Waals surface area contributed by atoms with Crippen LogP contribution in [0.1, 0.15) is 20.3 Å². The molecule has 0 saturated carbocycles. The van der Waals surface area contributed by atoms with E-state index in [1.54, 1.807) is 4.90 Å². The zero-order chi connectivity index (χ0) is 15.1. The molecular formula is C12H19N5O3. The number of hydrogen-bond donors (Lipinski definition) is 2. The van der Waals surface area contributed by atoms with Crippen LogP contribution in [0.2, 0.25) is 0 Å². The maximum Gasteiger partial charge on any atom is 0.276 e. The maximum absolute atomic E-state index is 11.8. The number of hydrogen-bond acceptors (Lipinski definition) is 6. The number of nitrogens with two attached hydrogens (primary N) is 1. The van der Waals surface area contributed by atoms with E-state index in [0.29, 0.717) is 31.9 Å². The predicted octanol–water partition coefficient (Wildman–Crippen LogP) is 1.24. The first-order chi connectivity index (χ1) is 9.47. The van der Waals surface area contributed by atoms with Gasteiger partial charge in [-0.25, -0.2) is 4.98 Å². The fourth-order valence-corrected chi connectivity index (χ4v) is 1.76. The minimum atomic E-state index is -0.537. The molecule has 1 aromatic heterocycles. The molecule has 0 bridgehead atoms. The minimum absolute atomic E-state index is 0.0286. The lowest BCUT2D eigenvalue weighted by molar-refractivity contribution is -0.384. The Morgan fingerprint density at radius 1 is 1.45 bits per heavy atom. The smallest absolute Gasteiger partial charge is 0.276 e. The Labute approximate surface area is 117 Å². The number of aromatic nitrogens is 1. The third-order valence-corrected chi connectivity index (χ3v) is 2.80. The minimum Gasteiger partial charge on any atom is -0.383 e. The number of nitrogen functional groups attached to an aromatic ring is 1. The summed E-state index contributed by atoms with van der Waals surface area (Å²) in [5.74, 6) is 0.390. The van der Waals surface area contributed by atoms with Crippen LogP contribution in [0.4, 0.5) is 17.3 Å². The van der Waals surface area contributed by atoms with Crippen LogP contribution in [0.25, 0.3) is 0 Å². The van der Waals surface area contributed by atoms with E-state index in [-0.39, 0.29) is 17.4 Å². The summed E-state index contributed by atoms with van der Waals surface area (Å²) >= 11 is 0.